The van der Waals surface area contributed by atoms with Gasteiger partial charge in [-0.25, -0.2) is 0 Å². The standard InChI is InChI=1S/C19H25N3O3/c1-4-13(2)17-20-18(25-21-17)15-6-5-11-22(12-15)19(23)14-7-9-16(24-3)10-8-14/h7-10,13,15H,4-6,11-12H2,1-3H3/t13-,15+/m1/s1. The van der Waals surface area contributed by atoms with Crippen LogP contribution in [0.3, 0.4) is 0 Å². The van der Waals surface area contributed by atoms with Gasteiger partial charge in [-0.15, -0.1) is 0 Å². The summed E-state index contributed by atoms with van der Waals surface area (Å²) < 4.78 is 10.6. The molecule has 1 amide bonds. The van der Waals surface area contributed by atoms with Crippen molar-refractivity contribution < 1.29 is 14.1 Å². The SMILES string of the molecule is CC[C@@H](C)c1noc([C@H]2CCCN(C(=O)c3ccc(OC)cc3)C2)n1. The molecule has 0 unspecified atom stereocenters. The highest BCUT2D eigenvalue weighted by atomic mass is 16.5. The van der Waals surface area contributed by atoms with Gasteiger partial charge in [0.1, 0.15) is 5.75 Å². The van der Waals surface area contributed by atoms with E-state index >= 15 is 0 Å². The number of methoxy groups -OCH3 is 1. The van der Waals surface area contributed by atoms with Crippen LogP contribution in [0.25, 0.3) is 0 Å². The number of carbonyl (C=O) groups excluding carboxylic acids is 1. The summed E-state index contributed by atoms with van der Waals surface area (Å²) in [6, 6.07) is 7.23. The molecule has 1 fully saturated rings. The minimum atomic E-state index is 0.0361. The Morgan fingerprint density at radius 2 is 2.16 bits per heavy atom. The molecule has 1 aromatic carbocycles. The molecule has 0 radical (unpaired) electrons. The highest BCUT2D eigenvalue weighted by molar-refractivity contribution is 5.94. The van der Waals surface area contributed by atoms with E-state index in [9.17, 15) is 4.79 Å². The smallest absolute Gasteiger partial charge is 0.253 e. The number of ether oxygens (including phenoxy) is 1. The van der Waals surface area contributed by atoms with Gasteiger partial charge in [0.15, 0.2) is 5.82 Å². The summed E-state index contributed by atoms with van der Waals surface area (Å²) in [6.07, 6.45) is 2.88. The third-order valence-corrected chi connectivity index (χ3v) is 4.91. The molecule has 0 spiro atoms. The molecule has 3 rings (SSSR count). The molecule has 2 aromatic rings. The normalized spacial score (nSPS) is 18.8. The van der Waals surface area contributed by atoms with Gasteiger partial charge in [0, 0.05) is 24.6 Å². The van der Waals surface area contributed by atoms with E-state index in [2.05, 4.69) is 24.0 Å². The first-order valence-electron chi connectivity index (χ1n) is 8.89. The lowest BCUT2D eigenvalue weighted by atomic mass is 9.97. The minimum absolute atomic E-state index is 0.0361. The summed E-state index contributed by atoms with van der Waals surface area (Å²) in [4.78, 5) is 19.2. The summed E-state index contributed by atoms with van der Waals surface area (Å²) in [6.45, 7) is 5.58. The molecule has 6 heteroatoms. The molecule has 1 saturated heterocycles. The van der Waals surface area contributed by atoms with Gasteiger partial charge in [-0.2, -0.15) is 4.98 Å². The summed E-state index contributed by atoms with van der Waals surface area (Å²) in [5.41, 5.74) is 0.673. The van der Waals surface area contributed by atoms with E-state index in [0.29, 0.717) is 18.0 Å². The van der Waals surface area contributed by atoms with E-state index < -0.39 is 0 Å². The number of benzene rings is 1. The number of rotatable bonds is 5. The van der Waals surface area contributed by atoms with Crippen LogP contribution in [0.4, 0.5) is 0 Å². The van der Waals surface area contributed by atoms with Crippen LogP contribution >= 0.6 is 0 Å². The van der Waals surface area contributed by atoms with E-state index in [1.165, 1.54) is 0 Å². The molecule has 0 saturated carbocycles. The van der Waals surface area contributed by atoms with Crippen LogP contribution in [0.1, 0.15) is 67.0 Å². The largest absolute Gasteiger partial charge is 0.497 e. The Morgan fingerprint density at radius 1 is 1.40 bits per heavy atom. The second kappa shape index (κ2) is 7.68. The van der Waals surface area contributed by atoms with E-state index in [0.717, 1.165) is 37.4 Å². The zero-order valence-electron chi connectivity index (χ0n) is 15.1. The maximum absolute atomic E-state index is 12.8. The van der Waals surface area contributed by atoms with Gasteiger partial charge >= 0.3 is 0 Å². The van der Waals surface area contributed by atoms with Crippen LogP contribution in [-0.4, -0.2) is 41.1 Å². The quantitative estimate of drug-likeness (QED) is 0.829. The van der Waals surface area contributed by atoms with Crippen LogP contribution in [0, 0.1) is 0 Å². The molecule has 1 aliphatic rings. The second-order valence-corrected chi connectivity index (χ2v) is 6.62. The molecule has 0 N–H and O–H groups in total. The fourth-order valence-electron chi connectivity index (χ4n) is 3.08. The number of hydrogen-bond acceptors (Lipinski definition) is 5. The maximum Gasteiger partial charge on any atom is 0.253 e. The Bertz CT molecular complexity index is 711. The molecule has 6 nitrogen and oxygen atoms in total. The van der Waals surface area contributed by atoms with Crippen LogP contribution in [-0.2, 0) is 0 Å². The number of carbonyl (C=O) groups is 1. The Morgan fingerprint density at radius 3 is 2.84 bits per heavy atom. The average molecular weight is 343 g/mol. The molecule has 0 aliphatic carbocycles. The molecular formula is C19H25N3O3. The molecule has 2 atom stereocenters. The number of nitrogens with zero attached hydrogens (tertiary/aromatic N) is 3. The van der Waals surface area contributed by atoms with Crippen molar-refractivity contribution in [1.29, 1.82) is 0 Å². The van der Waals surface area contributed by atoms with Crippen molar-refractivity contribution in [2.75, 3.05) is 20.2 Å². The van der Waals surface area contributed by atoms with Gasteiger partial charge in [-0.1, -0.05) is 19.0 Å². The van der Waals surface area contributed by atoms with Gasteiger partial charge in [-0.05, 0) is 43.5 Å². The summed E-state index contributed by atoms with van der Waals surface area (Å²) >= 11 is 0. The molecule has 2 heterocycles. The predicted molar refractivity (Wildman–Crippen MR) is 93.9 cm³/mol. The Balaban J connectivity index is 1.69. The fourth-order valence-corrected chi connectivity index (χ4v) is 3.08. The highest BCUT2D eigenvalue weighted by Crippen LogP contribution is 2.28. The first-order chi connectivity index (χ1) is 12.1. The van der Waals surface area contributed by atoms with Gasteiger partial charge in [0.25, 0.3) is 5.91 Å². The van der Waals surface area contributed by atoms with Crippen LogP contribution < -0.4 is 4.74 Å². The molecule has 1 aliphatic heterocycles. The van der Waals surface area contributed by atoms with E-state index in [1.54, 1.807) is 19.2 Å². The van der Waals surface area contributed by atoms with Gasteiger partial charge in [0.2, 0.25) is 5.89 Å². The van der Waals surface area contributed by atoms with Crippen LogP contribution in [0.2, 0.25) is 0 Å². The average Bonchev–Trinajstić information content (AvgIpc) is 3.17. The van der Waals surface area contributed by atoms with Crippen molar-refractivity contribution in [2.45, 2.75) is 44.9 Å². The topological polar surface area (TPSA) is 68.5 Å². The monoisotopic (exact) mass is 343 g/mol. The molecule has 0 bridgehead atoms. The molecule has 1 aromatic heterocycles. The fraction of sp³-hybridized carbons (Fsp3) is 0.526. The van der Waals surface area contributed by atoms with Crippen molar-refractivity contribution in [1.82, 2.24) is 15.0 Å². The summed E-state index contributed by atoms with van der Waals surface area (Å²) in [7, 11) is 1.62. The van der Waals surface area contributed by atoms with E-state index in [-0.39, 0.29) is 17.7 Å². The lowest BCUT2D eigenvalue weighted by Gasteiger charge is -2.31. The number of amides is 1. The zero-order chi connectivity index (χ0) is 17.8. The van der Waals surface area contributed by atoms with Gasteiger partial charge in [-0.3, -0.25) is 4.79 Å². The lowest BCUT2D eigenvalue weighted by Crippen LogP contribution is -2.39. The molecule has 134 valence electrons. The number of hydrogen-bond donors (Lipinski definition) is 0. The van der Waals surface area contributed by atoms with Crippen LogP contribution in [0.15, 0.2) is 28.8 Å². The number of piperidine rings is 1. The molecular weight excluding hydrogens is 318 g/mol. The van der Waals surface area contributed by atoms with Crippen molar-refractivity contribution in [3.05, 3.63) is 41.5 Å². The summed E-state index contributed by atoms with van der Waals surface area (Å²) in [5.74, 6) is 2.60. The lowest BCUT2D eigenvalue weighted by molar-refractivity contribution is 0.0695. The molecule has 25 heavy (non-hydrogen) atoms. The first kappa shape index (κ1) is 17.5. The van der Waals surface area contributed by atoms with Crippen molar-refractivity contribution in [3.8, 4) is 5.75 Å². The van der Waals surface area contributed by atoms with Crippen LogP contribution in [0.5, 0.6) is 5.75 Å². The van der Waals surface area contributed by atoms with E-state index in [1.807, 2.05) is 17.0 Å². The minimum Gasteiger partial charge on any atom is -0.497 e. The van der Waals surface area contributed by atoms with Gasteiger partial charge < -0.3 is 14.2 Å². The predicted octanol–water partition coefficient (Wildman–Crippen LogP) is 3.61. The Labute approximate surface area is 148 Å². The van der Waals surface area contributed by atoms with Gasteiger partial charge in [0.05, 0.1) is 13.0 Å². The zero-order valence-corrected chi connectivity index (χ0v) is 15.1. The summed E-state index contributed by atoms with van der Waals surface area (Å²) in [5, 5.41) is 4.11. The van der Waals surface area contributed by atoms with Crippen molar-refractivity contribution in [2.24, 2.45) is 0 Å². The third-order valence-electron chi connectivity index (χ3n) is 4.91. The van der Waals surface area contributed by atoms with Crippen molar-refractivity contribution in [3.63, 3.8) is 0 Å². The second-order valence-electron chi connectivity index (χ2n) is 6.62. The maximum atomic E-state index is 12.8. The number of aromatic nitrogens is 2. The highest BCUT2D eigenvalue weighted by Gasteiger charge is 2.29. The first-order valence-corrected chi connectivity index (χ1v) is 8.89. The number of likely N-dealkylation sites (tertiary alicyclic amines) is 1. The Hall–Kier alpha value is -2.37. The van der Waals surface area contributed by atoms with E-state index in [4.69, 9.17) is 9.26 Å². The third kappa shape index (κ3) is 3.83. The Kier molecular flexibility index (Phi) is 5.36. The van der Waals surface area contributed by atoms with Crippen molar-refractivity contribution >= 4 is 5.91 Å².